The summed E-state index contributed by atoms with van der Waals surface area (Å²) in [5.41, 5.74) is -0.0705. The summed E-state index contributed by atoms with van der Waals surface area (Å²) < 4.78 is 5.13. The Bertz CT molecular complexity index is 409. The van der Waals surface area contributed by atoms with E-state index in [1.165, 1.54) is 0 Å². The summed E-state index contributed by atoms with van der Waals surface area (Å²) in [6.07, 6.45) is 3.02. The summed E-state index contributed by atoms with van der Waals surface area (Å²) in [4.78, 5) is 15.4. The van der Waals surface area contributed by atoms with E-state index in [9.17, 15) is 9.90 Å². The van der Waals surface area contributed by atoms with Crippen molar-refractivity contribution in [3.8, 4) is 5.88 Å². The lowest BCUT2D eigenvalue weighted by atomic mass is 9.96. The summed E-state index contributed by atoms with van der Waals surface area (Å²) in [5.74, 6) is -0.318. The first-order valence-corrected chi connectivity index (χ1v) is 6.00. The van der Waals surface area contributed by atoms with Gasteiger partial charge in [-0.3, -0.25) is 10.1 Å². The van der Waals surface area contributed by atoms with Crippen molar-refractivity contribution in [3.63, 3.8) is 0 Å². The van der Waals surface area contributed by atoms with Gasteiger partial charge in [0.15, 0.2) is 0 Å². The molecule has 1 aromatic heterocycles. The molecule has 0 aromatic carbocycles. The Hall–Kier alpha value is -1.62. The minimum absolute atomic E-state index is 0.416. The number of rotatable bonds is 7. The predicted octanol–water partition coefficient (Wildman–Crippen LogP) is 1.82. The van der Waals surface area contributed by atoms with Crippen LogP contribution >= 0.6 is 0 Å². The standard InChI is InChI=1S/C13H20N2O3/c1-4-7-13(2,12(16)17)15-9-10-6-5-8-14-11(10)18-3/h5-6,8,15H,4,7,9H2,1-3H3,(H,16,17). The van der Waals surface area contributed by atoms with Crippen LogP contribution in [0.2, 0.25) is 0 Å². The smallest absolute Gasteiger partial charge is 0.323 e. The van der Waals surface area contributed by atoms with Gasteiger partial charge in [-0.2, -0.15) is 0 Å². The van der Waals surface area contributed by atoms with E-state index in [4.69, 9.17) is 4.74 Å². The van der Waals surface area contributed by atoms with E-state index in [-0.39, 0.29) is 0 Å². The average Bonchev–Trinajstić information content (AvgIpc) is 2.37. The van der Waals surface area contributed by atoms with Crippen molar-refractivity contribution in [1.29, 1.82) is 0 Å². The quantitative estimate of drug-likeness (QED) is 0.774. The number of carboxylic acid groups (broad SMARTS) is 1. The summed E-state index contributed by atoms with van der Waals surface area (Å²) >= 11 is 0. The topological polar surface area (TPSA) is 71.5 Å². The van der Waals surface area contributed by atoms with E-state index in [0.29, 0.717) is 18.8 Å². The number of hydrogen-bond donors (Lipinski definition) is 2. The van der Waals surface area contributed by atoms with Crippen LogP contribution in [0.3, 0.4) is 0 Å². The molecule has 0 fully saturated rings. The van der Waals surface area contributed by atoms with Crippen LogP contribution in [0.25, 0.3) is 0 Å². The monoisotopic (exact) mass is 252 g/mol. The zero-order valence-corrected chi connectivity index (χ0v) is 11.1. The fourth-order valence-corrected chi connectivity index (χ4v) is 1.80. The molecule has 1 unspecified atom stereocenters. The largest absolute Gasteiger partial charge is 0.481 e. The van der Waals surface area contributed by atoms with Gasteiger partial charge in [-0.15, -0.1) is 0 Å². The lowest BCUT2D eigenvalue weighted by Gasteiger charge is -2.26. The zero-order valence-electron chi connectivity index (χ0n) is 11.1. The fraction of sp³-hybridized carbons (Fsp3) is 0.538. The Kier molecular flexibility index (Phi) is 5.09. The Morgan fingerprint density at radius 2 is 2.33 bits per heavy atom. The van der Waals surface area contributed by atoms with E-state index in [0.717, 1.165) is 12.0 Å². The van der Waals surface area contributed by atoms with Crippen LogP contribution in [-0.2, 0) is 11.3 Å². The second-order valence-electron chi connectivity index (χ2n) is 4.41. The Morgan fingerprint density at radius 3 is 2.89 bits per heavy atom. The molecule has 0 bridgehead atoms. The van der Waals surface area contributed by atoms with Crippen LogP contribution in [0.15, 0.2) is 18.3 Å². The highest BCUT2D eigenvalue weighted by Crippen LogP contribution is 2.17. The third kappa shape index (κ3) is 3.43. The van der Waals surface area contributed by atoms with Crippen LogP contribution in [0, 0.1) is 0 Å². The molecule has 5 nitrogen and oxygen atoms in total. The van der Waals surface area contributed by atoms with E-state index in [2.05, 4.69) is 10.3 Å². The first kappa shape index (κ1) is 14.4. The summed E-state index contributed by atoms with van der Waals surface area (Å²) in [6.45, 7) is 4.08. The minimum atomic E-state index is -0.921. The van der Waals surface area contributed by atoms with Crippen molar-refractivity contribution in [2.24, 2.45) is 0 Å². The molecule has 0 saturated heterocycles. The van der Waals surface area contributed by atoms with Gasteiger partial charge in [0.1, 0.15) is 5.54 Å². The van der Waals surface area contributed by atoms with Crippen molar-refractivity contribution < 1.29 is 14.6 Å². The molecule has 0 aliphatic carbocycles. The Labute approximate surface area is 107 Å². The molecule has 1 heterocycles. The van der Waals surface area contributed by atoms with Gasteiger partial charge in [0.2, 0.25) is 5.88 Å². The molecule has 1 rings (SSSR count). The van der Waals surface area contributed by atoms with Gasteiger partial charge in [0.25, 0.3) is 0 Å². The molecule has 1 aromatic rings. The van der Waals surface area contributed by atoms with Crippen LogP contribution in [0.4, 0.5) is 0 Å². The van der Waals surface area contributed by atoms with E-state index in [1.807, 2.05) is 13.0 Å². The Balaban J connectivity index is 2.76. The number of carbonyl (C=O) groups is 1. The SMILES string of the molecule is CCCC(C)(NCc1cccnc1OC)C(=O)O. The van der Waals surface area contributed by atoms with Crippen LogP contribution in [0.5, 0.6) is 5.88 Å². The number of methoxy groups -OCH3 is 1. The lowest BCUT2D eigenvalue weighted by molar-refractivity contribution is -0.144. The van der Waals surface area contributed by atoms with Crippen molar-refractivity contribution in [1.82, 2.24) is 10.3 Å². The van der Waals surface area contributed by atoms with Gasteiger partial charge in [-0.25, -0.2) is 4.98 Å². The first-order chi connectivity index (χ1) is 8.53. The van der Waals surface area contributed by atoms with Gasteiger partial charge in [0.05, 0.1) is 7.11 Å². The maximum atomic E-state index is 11.3. The van der Waals surface area contributed by atoms with E-state index >= 15 is 0 Å². The Morgan fingerprint density at radius 1 is 1.61 bits per heavy atom. The van der Waals surface area contributed by atoms with Gasteiger partial charge < -0.3 is 9.84 Å². The molecule has 100 valence electrons. The molecule has 0 spiro atoms. The van der Waals surface area contributed by atoms with Crippen molar-refractivity contribution in [2.45, 2.75) is 38.8 Å². The second-order valence-corrected chi connectivity index (χ2v) is 4.41. The molecule has 0 saturated carbocycles. The minimum Gasteiger partial charge on any atom is -0.481 e. The summed E-state index contributed by atoms with van der Waals surface area (Å²) in [5, 5.41) is 12.3. The molecule has 0 aliphatic rings. The van der Waals surface area contributed by atoms with Crippen molar-refractivity contribution in [3.05, 3.63) is 23.9 Å². The maximum Gasteiger partial charge on any atom is 0.323 e. The van der Waals surface area contributed by atoms with Crippen LogP contribution in [-0.4, -0.2) is 28.7 Å². The second kappa shape index (κ2) is 6.35. The molecule has 18 heavy (non-hydrogen) atoms. The highest BCUT2D eigenvalue weighted by atomic mass is 16.5. The van der Waals surface area contributed by atoms with Gasteiger partial charge >= 0.3 is 5.97 Å². The number of ether oxygens (including phenoxy) is 1. The van der Waals surface area contributed by atoms with Gasteiger partial charge in [0, 0.05) is 18.3 Å². The van der Waals surface area contributed by atoms with E-state index in [1.54, 1.807) is 26.3 Å². The highest BCUT2D eigenvalue weighted by molar-refractivity contribution is 5.78. The normalized spacial score (nSPS) is 13.9. The highest BCUT2D eigenvalue weighted by Gasteiger charge is 2.31. The first-order valence-electron chi connectivity index (χ1n) is 6.00. The molecule has 2 N–H and O–H groups in total. The maximum absolute atomic E-state index is 11.3. The summed E-state index contributed by atoms with van der Waals surface area (Å²) in [7, 11) is 1.55. The van der Waals surface area contributed by atoms with Crippen molar-refractivity contribution >= 4 is 5.97 Å². The number of aliphatic carboxylic acids is 1. The number of nitrogens with zero attached hydrogens (tertiary/aromatic N) is 1. The molecule has 0 radical (unpaired) electrons. The molecule has 0 amide bonds. The third-order valence-electron chi connectivity index (χ3n) is 2.93. The van der Waals surface area contributed by atoms with E-state index < -0.39 is 11.5 Å². The van der Waals surface area contributed by atoms with Crippen LogP contribution in [0.1, 0.15) is 32.3 Å². The fourth-order valence-electron chi connectivity index (χ4n) is 1.80. The van der Waals surface area contributed by atoms with Crippen molar-refractivity contribution in [2.75, 3.05) is 7.11 Å². The summed E-state index contributed by atoms with van der Waals surface area (Å²) in [6, 6.07) is 3.67. The zero-order chi connectivity index (χ0) is 13.6. The number of hydrogen-bond acceptors (Lipinski definition) is 4. The predicted molar refractivity (Wildman–Crippen MR) is 68.6 cm³/mol. The number of carboxylic acids is 1. The molecule has 5 heteroatoms. The van der Waals surface area contributed by atoms with Gasteiger partial charge in [-0.05, 0) is 19.4 Å². The lowest BCUT2D eigenvalue weighted by Crippen LogP contribution is -2.48. The van der Waals surface area contributed by atoms with Crippen LogP contribution < -0.4 is 10.1 Å². The molecule has 1 atom stereocenters. The van der Waals surface area contributed by atoms with Gasteiger partial charge in [-0.1, -0.05) is 19.4 Å². The molecular weight excluding hydrogens is 232 g/mol. The molecule has 0 aliphatic heterocycles. The molecular formula is C13H20N2O3. The number of pyridine rings is 1. The average molecular weight is 252 g/mol. The third-order valence-corrected chi connectivity index (χ3v) is 2.93. The number of aromatic nitrogens is 1. The number of nitrogens with one attached hydrogen (secondary N) is 1.